The largest absolute Gasteiger partial charge is 0.489 e. The predicted molar refractivity (Wildman–Crippen MR) is 125 cm³/mol. The first-order valence-electron chi connectivity index (χ1n) is 10.8. The lowest BCUT2D eigenvalue weighted by atomic mass is 9.91. The molecule has 0 fully saturated rings. The highest BCUT2D eigenvalue weighted by molar-refractivity contribution is 5.85. The summed E-state index contributed by atoms with van der Waals surface area (Å²) in [6, 6.07) is 16.4. The Balaban J connectivity index is 1.42. The van der Waals surface area contributed by atoms with Crippen molar-refractivity contribution in [3.05, 3.63) is 94.8 Å². The Labute approximate surface area is 187 Å². The Morgan fingerprint density at radius 1 is 1.22 bits per heavy atom. The monoisotopic (exact) mass is 426 g/mol. The van der Waals surface area contributed by atoms with Crippen LogP contribution in [0.25, 0.3) is 17.1 Å². The fraction of sp³-hybridized carbons (Fsp3) is 0.231. The molecule has 0 bridgehead atoms. The molecule has 1 aliphatic heterocycles. The van der Waals surface area contributed by atoms with Crippen molar-refractivity contribution in [2.75, 3.05) is 6.54 Å². The first-order chi connectivity index (χ1) is 15.7. The highest BCUT2D eigenvalue weighted by Crippen LogP contribution is 2.32. The van der Waals surface area contributed by atoms with Crippen LogP contribution in [-0.4, -0.2) is 26.4 Å². The van der Waals surface area contributed by atoms with Crippen molar-refractivity contribution in [1.82, 2.24) is 20.1 Å². The summed E-state index contributed by atoms with van der Waals surface area (Å²) < 4.78 is 8.05. The number of nitrogens with zero attached hydrogens (tertiary/aromatic N) is 3. The van der Waals surface area contributed by atoms with Gasteiger partial charge in [0, 0.05) is 36.3 Å². The number of fused-ring (bicyclic) bond motifs is 2. The molecule has 0 saturated carbocycles. The van der Waals surface area contributed by atoms with E-state index in [1.54, 1.807) is 6.20 Å². The van der Waals surface area contributed by atoms with Crippen LogP contribution >= 0.6 is 0 Å². The molecule has 1 unspecified atom stereocenters. The zero-order valence-corrected chi connectivity index (χ0v) is 18.0. The minimum atomic E-state index is -0.0627. The lowest BCUT2D eigenvalue weighted by Gasteiger charge is -2.26. The average molecular weight is 427 g/mol. The maximum Gasteiger partial charge on any atom is 0.162 e. The number of aliphatic hydroxyl groups excluding tert-OH is 1. The van der Waals surface area contributed by atoms with E-state index in [0.29, 0.717) is 6.61 Å². The van der Waals surface area contributed by atoms with Crippen LogP contribution in [0.4, 0.5) is 0 Å². The SMILES string of the molecule is Cn1ccc2c(/C=C/C3NCCc4cc(OCc5ccccc5)c(CO)cc43)cnnc21. The fourth-order valence-electron chi connectivity index (χ4n) is 4.25. The molecule has 6 heteroatoms. The molecular weight excluding hydrogens is 400 g/mol. The molecule has 4 aromatic rings. The van der Waals surface area contributed by atoms with Gasteiger partial charge in [0.2, 0.25) is 0 Å². The van der Waals surface area contributed by atoms with Gasteiger partial charge in [0.05, 0.1) is 18.8 Å². The summed E-state index contributed by atoms with van der Waals surface area (Å²) in [4.78, 5) is 0. The molecule has 5 rings (SSSR count). The summed E-state index contributed by atoms with van der Waals surface area (Å²) in [5, 5.41) is 23.0. The molecule has 0 aliphatic carbocycles. The standard InChI is InChI=1S/C26H26N4O2/c1-30-12-10-22-20(15-28-29-26(22)30)7-8-24-23-13-21(16-31)25(14-19(23)9-11-27-24)32-17-18-5-3-2-4-6-18/h2-8,10,12-15,24,27,31H,9,11,16-17H2,1H3/b8-7+. The Bertz CT molecular complexity index is 1260. The van der Waals surface area contributed by atoms with Gasteiger partial charge in [-0.05, 0) is 41.3 Å². The third kappa shape index (κ3) is 4.02. The molecule has 1 aliphatic rings. The second kappa shape index (κ2) is 8.94. The van der Waals surface area contributed by atoms with Crippen LogP contribution in [0.5, 0.6) is 5.75 Å². The normalized spacial score (nSPS) is 15.9. The minimum Gasteiger partial charge on any atom is -0.489 e. The van der Waals surface area contributed by atoms with Gasteiger partial charge in [0.25, 0.3) is 0 Å². The lowest BCUT2D eigenvalue weighted by Crippen LogP contribution is -2.28. The zero-order chi connectivity index (χ0) is 21.9. The maximum absolute atomic E-state index is 10.00. The van der Waals surface area contributed by atoms with Gasteiger partial charge in [0.15, 0.2) is 5.65 Å². The van der Waals surface area contributed by atoms with Gasteiger partial charge in [-0.25, -0.2) is 0 Å². The molecule has 2 aromatic heterocycles. The van der Waals surface area contributed by atoms with Crippen molar-refractivity contribution in [3.8, 4) is 5.75 Å². The number of hydrogen-bond acceptors (Lipinski definition) is 5. The second-order valence-electron chi connectivity index (χ2n) is 8.10. The van der Waals surface area contributed by atoms with Crippen LogP contribution < -0.4 is 10.1 Å². The molecule has 32 heavy (non-hydrogen) atoms. The Morgan fingerprint density at radius 2 is 2.09 bits per heavy atom. The maximum atomic E-state index is 10.00. The molecule has 162 valence electrons. The number of nitrogens with one attached hydrogen (secondary N) is 1. The molecule has 2 aromatic carbocycles. The number of rotatable bonds is 6. The van der Waals surface area contributed by atoms with E-state index >= 15 is 0 Å². The molecule has 6 nitrogen and oxygen atoms in total. The number of aryl methyl sites for hydroxylation is 1. The Hall–Kier alpha value is -3.48. The van der Waals surface area contributed by atoms with Crippen LogP contribution in [0.15, 0.2) is 67.0 Å². The summed E-state index contributed by atoms with van der Waals surface area (Å²) in [6.45, 7) is 1.30. The average Bonchev–Trinajstić information content (AvgIpc) is 3.22. The van der Waals surface area contributed by atoms with E-state index in [0.717, 1.165) is 46.4 Å². The fourth-order valence-corrected chi connectivity index (χ4v) is 4.25. The summed E-state index contributed by atoms with van der Waals surface area (Å²) >= 11 is 0. The molecular formula is C26H26N4O2. The third-order valence-corrected chi connectivity index (χ3v) is 5.99. The molecule has 3 heterocycles. The second-order valence-corrected chi connectivity index (χ2v) is 8.10. The number of aliphatic hydroxyl groups is 1. The van der Waals surface area contributed by atoms with Gasteiger partial charge in [-0.15, -0.1) is 5.10 Å². The molecule has 0 spiro atoms. The van der Waals surface area contributed by atoms with Crippen molar-refractivity contribution in [1.29, 1.82) is 0 Å². The van der Waals surface area contributed by atoms with Crippen LogP contribution in [-0.2, 0) is 26.7 Å². The molecule has 0 amide bonds. The van der Waals surface area contributed by atoms with Gasteiger partial charge in [-0.1, -0.05) is 42.5 Å². The summed E-state index contributed by atoms with van der Waals surface area (Å²) in [5.74, 6) is 0.754. The quantitative estimate of drug-likeness (QED) is 0.489. The molecule has 0 radical (unpaired) electrons. The van der Waals surface area contributed by atoms with Gasteiger partial charge in [0.1, 0.15) is 12.4 Å². The van der Waals surface area contributed by atoms with E-state index in [9.17, 15) is 5.11 Å². The van der Waals surface area contributed by atoms with Gasteiger partial charge < -0.3 is 19.7 Å². The number of aromatic nitrogens is 3. The van der Waals surface area contributed by atoms with E-state index in [-0.39, 0.29) is 12.6 Å². The van der Waals surface area contributed by atoms with Crippen molar-refractivity contribution >= 4 is 17.1 Å². The first-order valence-corrected chi connectivity index (χ1v) is 10.8. The van der Waals surface area contributed by atoms with Crippen LogP contribution in [0, 0.1) is 0 Å². The molecule has 0 saturated heterocycles. The topological polar surface area (TPSA) is 72.2 Å². The highest BCUT2D eigenvalue weighted by Gasteiger charge is 2.20. The van der Waals surface area contributed by atoms with Crippen molar-refractivity contribution < 1.29 is 9.84 Å². The van der Waals surface area contributed by atoms with Crippen molar-refractivity contribution in [2.45, 2.75) is 25.7 Å². The van der Waals surface area contributed by atoms with E-state index in [1.807, 2.05) is 48.1 Å². The van der Waals surface area contributed by atoms with Gasteiger partial charge >= 0.3 is 0 Å². The summed E-state index contributed by atoms with van der Waals surface area (Å²) in [7, 11) is 1.97. The first kappa shape index (κ1) is 20.4. The third-order valence-electron chi connectivity index (χ3n) is 5.99. The van der Waals surface area contributed by atoms with E-state index in [2.05, 4.69) is 45.9 Å². The van der Waals surface area contributed by atoms with E-state index in [4.69, 9.17) is 4.74 Å². The Morgan fingerprint density at radius 3 is 2.94 bits per heavy atom. The molecule has 1 atom stereocenters. The van der Waals surface area contributed by atoms with Gasteiger partial charge in [-0.2, -0.15) is 5.10 Å². The van der Waals surface area contributed by atoms with Crippen LogP contribution in [0.3, 0.4) is 0 Å². The van der Waals surface area contributed by atoms with Crippen molar-refractivity contribution in [3.63, 3.8) is 0 Å². The van der Waals surface area contributed by atoms with Crippen LogP contribution in [0.1, 0.15) is 33.9 Å². The van der Waals surface area contributed by atoms with Crippen molar-refractivity contribution in [2.24, 2.45) is 7.05 Å². The van der Waals surface area contributed by atoms with Gasteiger partial charge in [-0.3, -0.25) is 0 Å². The number of hydrogen-bond donors (Lipinski definition) is 2. The summed E-state index contributed by atoms with van der Waals surface area (Å²) in [6.07, 6.45) is 8.97. The predicted octanol–water partition coefficient (Wildman–Crippen LogP) is 3.94. The number of benzene rings is 2. The Kier molecular flexibility index (Phi) is 5.71. The smallest absolute Gasteiger partial charge is 0.162 e. The van der Waals surface area contributed by atoms with E-state index < -0.39 is 0 Å². The lowest BCUT2D eigenvalue weighted by molar-refractivity contribution is 0.258. The minimum absolute atomic E-state index is 0.0548. The number of ether oxygens (including phenoxy) is 1. The van der Waals surface area contributed by atoms with Crippen LogP contribution in [0.2, 0.25) is 0 Å². The summed E-state index contributed by atoms with van der Waals surface area (Å²) in [5.41, 5.74) is 6.24. The zero-order valence-electron chi connectivity index (χ0n) is 18.0. The highest BCUT2D eigenvalue weighted by atomic mass is 16.5. The molecule has 2 N–H and O–H groups in total. The van der Waals surface area contributed by atoms with E-state index in [1.165, 1.54) is 11.1 Å².